The van der Waals surface area contributed by atoms with Gasteiger partial charge in [-0.25, -0.2) is 0 Å². The molecule has 3 nitrogen and oxygen atoms in total. The number of hydrogen-bond acceptors (Lipinski definition) is 4. The topological polar surface area (TPSA) is 38.5 Å². The van der Waals surface area contributed by atoms with Gasteiger partial charge in [-0.1, -0.05) is 12.2 Å². The molecule has 5 heteroatoms. The smallest absolute Gasteiger partial charge is 0.0795 e. The van der Waals surface area contributed by atoms with Crippen molar-refractivity contribution in [3.05, 3.63) is 0 Å². The minimum atomic E-state index is 0.157. The molecule has 2 rings (SSSR count). The van der Waals surface area contributed by atoms with Crippen LogP contribution in [0.15, 0.2) is 0 Å². The third-order valence-electron chi connectivity index (χ3n) is 4.28. The summed E-state index contributed by atoms with van der Waals surface area (Å²) in [6.45, 7) is 6.43. The van der Waals surface area contributed by atoms with Crippen LogP contribution in [0.3, 0.4) is 0 Å². The van der Waals surface area contributed by atoms with Gasteiger partial charge in [0.25, 0.3) is 0 Å². The molecule has 0 amide bonds. The third-order valence-corrected chi connectivity index (χ3v) is 5.71. The van der Waals surface area contributed by atoms with Gasteiger partial charge < -0.3 is 10.5 Å². The first-order valence-corrected chi connectivity index (χ1v) is 8.84. The first-order valence-electron chi connectivity index (χ1n) is 7.28. The van der Waals surface area contributed by atoms with Crippen molar-refractivity contribution in [1.82, 2.24) is 4.90 Å². The average Bonchev–Trinajstić information content (AvgIpc) is 2.77. The summed E-state index contributed by atoms with van der Waals surface area (Å²) >= 11 is 7.06. The summed E-state index contributed by atoms with van der Waals surface area (Å²) in [6, 6.07) is 1.17. The highest BCUT2D eigenvalue weighted by atomic mass is 32.2. The quantitative estimate of drug-likeness (QED) is 0.790. The molecular formula is C14H26N2OS2. The molecule has 2 N–H and O–H groups in total. The van der Waals surface area contributed by atoms with Gasteiger partial charge in [-0.3, -0.25) is 4.90 Å². The summed E-state index contributed by atoms with van der Waals surface area (Å²) < 4.78 is 6.11. The molecule has 2 saturated heterocycles. The van der Waals surface area contributed by atoms with Crippen LogP contribution in [0.4, 0.5) is 0 Å². The van der Waals surface area contributed by atoms with Gasteiger partial charge in [0.05, 0.1) is 10.6 Å². The predicted octanol–water partition coefficient (Wildman–Crippen LogP) is 2.43. The third kappa shape index (κ3) is 4.06. The van der Waals surface area contributed by atoms with Crippen LogP contribution < -0.4 is 5.73 Å². The van der Waals surface area contributed by atoms with Gasteiger partial charge >= 0.3 is 0 Å². The Kier molecular flexibility index (Phi) is 5.52. The lowest BCUT2D eigenvalue weighted by Gasteiger charge is -2.44. The second-order valence-corrected chi connectivity index (χ2v) is 7.66. The van der Waals surface area contributed by atoms with Gasteiger partial charge in [0, 0.05) is 37.4 Å². The van der Waals surface area contributed by atoms with Gasteiger partial charge in [-0.15, -0.1) is 0 Å². The van der Waals surface area contributed by atoms with E-state index in [0.29, 0.717) is 17.1 Å². The van der Waals surface area contributed by atoms with Crippen molar-refractivity contribution in [2.75, 3.05) is 24.7 Å². The van der Waals surface area contributed by atoms with E-state index in [1.165, 1.54) is 24.3 Å². The number of thioether (sulfide) groups is 1. The fourth-order valence-corrected chi connectivity index (χ4v) is 4.72. The van der Waals surface area contributed by atoms with E-state index in [2.05, 4.69) is 18.7 Å². The maximum Gasteiger partial charge on any atom is 0.0795 e. The second-order valence-electron chi connectivity index (χ2n) is 6.03. The van der Waals surface area contributed by atoms with E-state index in [4.69, 9.17) is 22.7 Å². The summed E-state index contributed by atoms with van der Waals surface area (Å²) in [7, 11) is 0. The number of hydrogen-bond donors (Lipinski definition) is 1. The van der Waals surface area contributed by atoms with Gasteiger partial charge in [0.2, 0.25) is 0 Å². The fourth-order valence-electron chi connectivity index (χ4n) is 3.25. The van der Waals surface area contributed by atoms with E-state index < -0.39 is 0 Å². The molecule has 2 aliphatic rings. The first-order chi connectivity index (χ1) is 9.02. The molecule has 0 aliphatic carbocycles. The standard InChI is InChI=1S/C14H26N2OS2/c1-11(2)16(6-3-13(15)18)12-4-7-17-14(9-12)5-8-19-10-14/h11-12H,3-10H2,1-2H3,(H2,15,18). The molecule has 0 radical (unpaired) electrons. The van der Waals surface area contributed by atoms with Gasteiger partial charge in [-0.05, 0) is 38.9 Å². The van der Waals surface area contributed by atoms with E-state index in [-0.39, 0.29) is 5.60 Å². The Morgan fingerprint density at radius 1 is 1.58 bits per heavy atom. The Morgan fingerprint density at radius 2 is 2.37 bits per heavy atom. The van der Waals surface area contributed by atoms with Gasteiger partial charge in [0.1, 0.15) is 0 Å². The summed E-state index contributed by atoms with van der Waals surface area (Å²) in [5.74, 6) is 2.42. The van der Waals surface area contributed by atoms with Crippen molar-refractivity contribution in [3.63, 3.8) is 0 Å². The van der Waals surface area contributed by atoms with E-state index in [1.54, 1.807) is 0 Å². The van der Waals surface area contributed by atoms with Crippen molar-refractivity contribution in [2.45, 2.75) is 57.2 Å². The van der Waals surface area contributed by atoms with Crippen molar-refractivity contribution in [2.24, 2.45) is 5.73 Å². The highest BCUT2D eigenvalue weighted by Gasteiger charge is 2.42. The van der Waals surface area contributed by atoms with Crippen molar-refractivity contribution >= 4 is 29.0 Å². The maximum atomic E-state index is 6.11. The number of thiocarbonyl (C=S) groups is 1. The largest absolute Gasteiger partial charge is 0.393 e. The van der Waals surface area contributed by atoms with Crippen LogP contribution >= 0.6 is 24.0 Å². The molecule has 1 spiro atoms. The molecule has 0 saturated carbocycles. The van der Waals surface area contributed by atoms with Crippen LogP contribution in [0.25, 0.3) is 0 Å². The molecule has 0 bridgehead atoms. The molecule has 0 aromatic rings. The first kappa shape index (κ1) is 15.5. The molecule has 0 aromatic heterocycles. The molecule has 2 aliphatic heterocycles. The van der Waals surface area contributed by atoms with Crippen LogP contribution in [0, 0.1) is 0 Å². The molecule has 2 unspecified atom stereocenters. The van der Waals surface area contributed by atoms with Gasteiger partial charge in [0.15, 0.2) is 0 Å². The number of rotatable bonds is 5. The second kappa shape index (κ2) is 6.74. The molecule has 19 heavy (non-hydrogen) atoms. The summed E-state index contributed by atoms with van der Waals surface area (Å²) in [4.78, 5) is 3.20. The van der Waals surface area contributed by atoms with Crippen LogP contribution in [0.1, 0.15) is 39.5 Å². The Morgan fingerprint density at radius 3 is 2.95 bits per heavy atom. The molecular weight excluding hydrogens is 276 g/mol. The molecule has 2 fully saturated rings. The van der Waals surface area contributed by atoms with Crippen LogP contribution in [0.5, 0.6) is 0 Å². The van der Waals surface area contributed by atoms with Crippen molar-refractivity contribution < 1.29 is 4.74 Å². The molecule has 2 heterocycles. The van der Waals surface area contributed by atoms with Crippen LogP contribution in [-0.2, 0) is 4.74 Å². The zero-order valence-corrected chi connectivity index (χ0v) is 13.7. The number of nitrogens with two attached hydrogens (primary N) is 1. The lowest BCUT2D eigenvalue weighted by atomic mass is 9.88. The number of nitrogens with zero attached hydrogens (tertiary/aromatic N) is 1. The Labute approximate surface area is 126 Å². The maximum absolute atomic E-state index is 6.11. The Balaban J connectivity index is 1.98. The van der Waals surface area contributed by atoms with Gasteiger partial charge in [-0.2, -0.15) is 11.8 Å². The summed E-state index contributed by atoms with van der Waals surface area (Å²) in [5.41, 5.74) is 5.82. The summed E-state index contributed by atoms with van der Waals surface area (Å²) in [5, 5.41) is 0. The average molecular weight is 303 g/mol. The Hall–Kier alpha value is 0.160. The van der Waals surface area contributed by atoms with E-state index in [0.717, 1.165) is 26.0 Å². The molecule has 2 atom stereocenters. The van der Waals surface area contributed by atoms with Crippen LogP contribution in [0.2, 0.25) is 0 Å². The zero-order valence-electron chi connectivity index (χ0n) is 12.1. The highest BCUT2D eigenvalue weighted by Crippen LogP contribution is 2.39. The van der Waals surface area contributed by atoms with E-state index >= 15 is 0 Å². The number of ether oxygens (including phenoxy) is 1. The zero-order chi connectivity index (χ0) is 13.9. The van der Waals surface area contributed by atoms with Crippen molar-refractivity contribution in [1.29, 1.82) is 0 Å². The lowest BCUT2D eigenvalue weighted by molar-refractivity contribution is -0.0931. The highest BCUT2D eigenvalue weighted by molar-refractivity contribution is 7.99. The monoisotopic (exact) mass is 302 g/mol. The molecule has 0 aromatic carbocycles. The Bertz CT molecular complexity index is 317. The minimum Gasteiger partial charge on any atom is -0.393 e. The minimum absolute atomic E-state index is 0.157. The normalized spacial score (nSPS) is 31.5. The lowest BCUT2D eigenvalue weighted by Crippen LogP contribution is -2.51. The predicted molar refractivity (Wildman–Crippen MR) is 86.9 cm³/mol. The summed E-state index contributed by atoms with van der Waals surface area (Å²) in [6.07, 6.45) is 4.36. The fraction of sp³-hybridized carbons (Fsp3) is 0.929. The van der Waals surface area contributed by atoms with E-state index in [9.17, 15) is 0 Å². The SMILES string of the molecule is CC(C)N(CCC(N)=S)C1CCOC2(CCSC2)C1. The van der Waals surface area contributed by atoms with Crippen LogP contribution in [-0.4, -0.2) is 52.2 Å². The van der Waals surface area contributed by atoms with Crippen molar-refractivity contribution in [3.8, 4) is 0 Å². The molecule has 110 valence electrons. The van der Waals surface area contributed by atoms with E-state index in [1.807, 2.05) is 11.8 Å².